The van der Waals surface area contributed by atoms with E-state index in [-0.39, 0.29) is 0 Å². The van der Waals surface area contributed by atoms with E-state index in [1.165, 1.54) is 19.4 Å². The van der Waals surface area contributed by atoms with Gasteiger partial charge >= 0.3 is 0 Å². The molecule has 0 saturated heterocycles. The van der Waals surface area contributed by atoms with Crippen molar-refractivity contribution in [2.45, 2.75) is 33.6 Å². The Morgan fingerprint density at radius 2 is 1.85 bits per heavy atom. The molecule has 1 unspecified atom stereocenters. The van der Waals surface area contributed by atoms with E-state index in [1.807, 2.05) is 0 Å². The third-order valence-corrected chi connectivity index (χ3v) is 2.53. The molecular formula is C11H26N2. The molecule has 0 radical (unpaired) electrons. The van der Waals surface area contributed by atoms with E-state index < -0.39 is 0 Å². The molecule has 0 rings (SSSR count). The van der Waals surface area contributed by atoms with Crippen LogP contribution in [0.5, 0.6) is 0 Å². The average molecular weight is 186 g/mol. The van der Waals surface area contributed by atoms with Crippen LogP contribution >= 0.6 is 0 Å². The Balaban J connectivity index is 3.81. The van der Waals surface area contributed by atoms with Gasteiger partial charge in [-0.3, -0.25) is 0 Å². The lowest BCUT2D eigenvalue weighted by Crippen LogP contribution is -2.39. The molecule has 0 saturated carbocycles. The maximum atomic E-state index is 3.51. The molecule has 0 heterocycles. The van der Waals surface area contributed by atoms with Crippen molar-refractivity contribution in [3.8, 4) is 0 Å². The maximum Gasteiger partial charge on any atom is 0.00413 e. The molecule has 0 aliphatic heterocycles. The van der Waals surface area contributed by atoms with Crippen LogP contribution in [0.3, 0.4) is 0 Å². The van der Waals surface area contributed by atoms with Gasteiger partial charge in [0.05, 0.1) is 0 Å². The predicted octanol–water partition coefficient (Wildman–Crippen LogP) is 1.96. The Kier molecular flexibility index (Phi) is 6.35. The fourth-order valence-electron chi connectivity index (χ4n) is 1.62. The summed E-state index contributed by atoms with van der Waals surface area (Å²) in [6, 6.07) is 0. The van der Waals surface area contributed by atoms with Crippen molar-refractivity contribution in [1.29, 1.82) is 0 Å². The topological polar surface area (TPSA) is 15.3 Å². The molecule has 0 aromatic rings. The third-order valence-electron chi connectivity index (χ3n) is 2.53. The molecule has 0 aliphatic carbocycles. The highest BCUT2D eigenvalue weighted by Gasteiger charge is 2.21. The molecule has 0 fully saturated rings. The highest BCUT2D eigenvalue weighted by molar-refractivity contribution is 4.77. The number of nitrogens with one attached hydrogen (secondary N) is 1. The lowest BCUT2D eigenvalue weighted by Gasteiger charge is -2.31. The summed E-state index contributed by atoms with van der Waals surface area (Å²) >= 11 is 0. The standard InChI is InChI=1S/C11H26N2/c1-6-8-12-9-11(3,7-2)10-13(4)5/h12H,6-10H2,1-5H3. The van der Waals surface area contributed by atoms with Crippen LogP contribution in [0.25, 0.3) is 0 Å². The maximum absolute atomic E-state index is 3.51. The van der Waals surface area contributed by atoms with Crippen molar-refractivity contribution in [3.05, 3.63) is 0 Å². The van der Waals surface area contributed by atoms with Crippen LogP contribution in [-0.2, 0) is 0 Å². The summed E-state index contributed by atoms with van der Waals surface area (Å²) in [5.74, 6) is 0. The van der Waals surface area contributed by atoms with Crippen LogP contribution in [0.1, 0.15) is 33.6 Å². The summed E-state index contributed by atoms with van der Waals surface area (Å²) in [7, 11) is 4.29. The molecule has 0 aromatic heterocycles. The van der Waals surface area contributed by atoms with Gasteiger partial charge < -0.3 is 10.2 Å². The lowest BCUT2D eigenvalue weighted by atomic mass is 9.87. The first-order chi connectivity index (χ1) is 6.04. The predicted molar refractivity (Wildman–Crippen MR) is 60.1 cm³/mol. The molecule has 0 aromatic carbocycles. The zero-order valence-corrected chi connectivity index (χ0v) is 9.98. The second-order valence-corrected chi connectivity index (χ2v) is 4.58. The zero-order valence-electron chi connectivity index (χ0n) is 9.98. The molecule has 2 heteroatoms. The van der Waals surface area contributed by atoms with Gasteiger partial charge in [-0.05, 0) is 38.9 Å². The SMILES string of the molecule is CCCNCC(C)(CC)CN(C)C. The van der Waals surface area contributed by atoms with Gasteiger partial charge in [0.25, 0.3) is 0 Å². The lowest BCUT2D eigenvalue weighted by molar-refractivity contribution is 0.204. The van der Waals surface area contributed by atoms with Gasteiger partial charge in [0, 0.05) is 13.1 Å². The molecular weight excluding hydrogens is 160 g/mol. The Morgan fingerprint density at radius 3 is 2.23 bits per heavy atom. The summed E-state index contributed by atoms with van der Waals surface area (Å²) in [6.07, 6.45) is 2.46. The normalized spacial score (nSPS) is 16.2. The molecule has 2 nitrogen and oxygen atoms in total. The molecule has 1 atom stereocenters. The molecule has 80 valence electrons. The first kappa shape index (κ1) is 12.9. The van der Waals surface area contributed by atoms with E-state index >= 15 is 0 Å². The minimum atomic E-state index is 0.429. The minimum absolute atomic E-state index is 0.429. The van der Waals surface area contributed by atoms with Gasteiger partial charge in [-0.15, -0.1) is 0 Å². The molecule has 0 spiro atoms. The van der Waals surface area contributed by atoms with Crippen molar-refractivity contribution in [2.24, 2.45) is 5.41 Å². The Morgan fingerprint density at radius 1 is 1.23 bits per heavy atom. The van der Waals surface area contributed by atoms with Gasteiger partial charge in [0.15, 0.2) is 0 Å². The summed E-state index contributed by atoms with van der Waals surface area (Å²) < 4.78 is 0. The quantitative estimate of drug-likeness (QED) is 0.612. The zero-order chi connectivity index (χ0) is 10.3. The Bertz CT molecular complexity index is 123. The largest absolute Gasteiger partial charge is 0.316 e. The van der Waals surface area contributed by atoms with E-state index in [9.17, 15) is 0 Å². The van der Waals surface area contributed by atoms with Crippen LogP contribution in [0.15, 0.2) is 0 Å². The summed E-state index contributed by atoms with van der Waals surface area (Å²) in [4.78, 5) is 2.27. The van der Waals surface area contributed by atoms with Crippen LogP contribution in [0.4, 0.5) is 0 Å². The Hall–Kier alpha value is -0.0800. The molecule has 0 aliphatic rings. The molecule has 1 N–H and O–H groups in total. The van der Waals surface area contributed by atoms with Gasteiger partial charge in [-0.25, -0.2) is 0 Å². The fraction of sp³-hybridized carbons (Fsp3) is 1.00. The number of rotatable bonds is 7. The van der Waals surface area contributed by atoms with Crippen LogP contribution in [-0.4, -0.2) is 38.6 Å². The van der Waals surface area contributed by atoms with Crippen molar-refractivity contribution in [3.63, 3.8) is 0 Å². The molecule has 0 amide bonds. The van der Waals surface area contributed by atoms with E-state index in [1.54, 1.807) is 0 Å². The summed E-state index contributed by atoms with van der Waals surface area (Å²) in [5.41, 5.74) is 0.429. The fourth-order valence-corrected chi connectivity index (χ4v) is 1.62. The second kappa shape index (κ2) is 6.39. The van der Waals surface area contributed by atoms with Crippen LogP contribution in [0.2, 0.25) is 0 Å². The van der Waals surface area contributed by atoms with Crippen molar-refractivity contribution in [2.75, 3.05) is 33.7 Å². The van der Waals surface area contributed by atoms with Gasteiger partial charge in [0.1, 0.15) is 0 Å². The van der Waals surface area contributed by atoms with Crippen molar-refractivity contribution >= 4 is 0 Å². The van der Waals surface area contributed by atoms with E-state index in [4.69, 9.17) is 0 Å². The van der Waals surface area contributed by atoms with Crippen LogP contribution in [0, 0.1) is 5.41 Å². The monoisotopic (exact) mass is 186 g/mol. The van der Waals surface area contributed by atoms with Gasteiger partial charge in [-0.2, -0.15) is 0 Å². The summed E-state index contributed by atoms with van der Waals surface area (Å²) in [5, 5.41) is 3.51. The smallest absolute Gasteiger partial charge is 0.00413 e. The van der Waals surface area contributed by atoms with Gasteiger partial charge in [-0.1, -0.05) is 20.8 Å². The second-order valence-electron chi connectivity index (χ2n) is 4.58. The van der Waals surface area contributed by atoms with Crippen molar-refractivity contribution < 1.29 is 0 Å². The number of hydrogen-bond acceptors (Lipinski definition) is 2. The third kappa shape index (κ3) is 6.05. The van der Waals surface area contributed by atoms with Gasteiger partial charge in [0.2, 0.25) is 0 Å². The number of nitrogens with zero attached hydrogens (tertiary/aromatic N) is 1. The van der Waals surface area contributed by atoms with Crippen molar-refractivity contribution in [1.82, 2.24) is 10.2 Å². The first-order valence-corrected chi connectivity index (χ1v) is 5.39. The highest BCUT2D eigenvalue weighted by atomic mass is 15.1. The average Bonchev–Trinajstić information content (AvgIpc) is 2.04. The van der Waals surface area contributed by atoms with E-state index in [0.717, 1.165) is 13.1 Å². The first-order valence-electron chi connectivity index (χ1n) is 5.39. The minimum Gasteiger partial charge on any atom is -0.316 e. The summed E-state index contributed by atoms with van der Waals surface area (Å²) in [6.45, 7) is 10.3. The van der Waals surface area contributed by atoms with Crippen LogP contribution < -0.4 is 5.32 Å². The van der Waals surface area contributed by atoms with E-state index in [2.05, 4.69) is 45.1 Å². The van der Waals surface area contributed by atoms with E-state index in [0.29, 0.717) is 5.41 Å². The molecule has 0 bridgehead atoms. The molecule has 13 heavy (non-hydrogen) atoms. The Labute approximate surface area is 83.7 Å². The number of hydrogen-bond donors (Lipinski definition) is 1. The highest BCUT2D eigenvalue weighted by Crippen LogP contribution is 2.20.